The summed E-state index contributed by atoms with van der Waals surface area (Å²) in [5.74, 6) is 1.55. The molecule has 2 atom stereocenters. The number of hydrogen-bond donors (Lipinski definition) is 1. The first-order chi connectivity index (χ1) is 9.17. The second-order valence-corrected chi connectivity index (χ2v) is 5.00. The van der Waals surface area contributed by atoms with E-state index < -0.39 is 0 Å². The minimum Gasteiger partial charge on any atom is -0.489 e. The van der Waals surface area contributed by atoms with Crippen molar-refractivity contribution in [2.75, 3.05) is 26.8 Å². The van der Waals surface area contributed by atoms with Crippen molar-refractivity contribution in [3.05, 3.63) is 29.8 Å². The number of hydrogen-bond acceptors (Lipinski definition) is 3. The van der Waals surface area contributed by atoms with Crippen LogP contribution in [0.5, 0.6) is 5.75 Å². The van der Waals surface area contributed by atoms with Crippen molar-refractivity contribution in [2.24, 2.45) is 0 Å². The first kappa shape index (κ1) is 16.0. The van der Waals surface area contributed by atoms with Gasteiger partial charge >= 0.3 is 0 Å². The molecule has 0 aliphatic carbocycles. The molecule has 1 N–H and O–H groups in total. The second kappa shape index (κ2) is 8.94. The molecule has 0 heterocycles. The zero-order valence-electron chi connectivity index (χ0n) is 12.6. The Labute approximate surface area is 117 Å². The monoisotopic (exact) mass is 265 g/mol. The molecule has 0 radical (unpaired) electrons. The molecule has 3 heteroatoms. The molecular formula is C16H27NO2. The summed E-state index contributed by atoms with van der Waals surface area (Å²) in [5, 5.41) is 3.30. The van der Waals surface area contributed by atoms with Crippen LogP contribution in [-0.2, 0) is 4.74 Å². The summed E-state index contributed by atoms with van der Waals surface area (Å²) in [6.07, 6.45) is 1.33. The Morgan fingerprint density at radius 1 is 1.16 bits per heavy atom. The number of rotatable bonds is 9. The van der Waals surface area contributed by atoms with Gasteiger partial charge in [0.05, 0.1) is 6.61 Å². The van der Waals surface area contributed by atoms with Crippen molar-refractivity contribution in [3.8, 4) is 5.75 Å². The fraction of sp³-hybridized carbons (Fsp3) is 0.625. The molecule has 1 aromatic carbocycles. The highest BCUT2D eigenvalue weighted by Crippen LogP contribution is 2.21. The highest BCUT2D eigenvalue weighted by Gasteiger charge is 2.05. The number of benzene rings is 1. The largest absolute Gasteiger partial charge is 0.489 e. The maximum absolute atomic E-state index is 5.86. The van der Waals surface area contributed by atoms with Crippen LogP contribution >= 0.6 is 0 Å². The summed E-state index contributed by atoms with van der Waals surface area (Å²) in [6.45, 7) is 8.95. The van der Waals surface area contributed by atoms with E-state index in [9.17, 15) is 0 Å². The molecule has 0 saturated heterocycles. The highest BCUT2D eigenvalue weighted by atomic mass is 16.5. The van der Waals surface area contributed by atoms with E-state index >= 15 is 0 Å². The molecule has 19 heavy (non-hydrogen) atoms. The molecule has 0 amide bonds. The van der Waals surface area contributed by atoms with Crippen LogP contribution in [0.2, 0.25) is 0 Å². The van der Waals surface area contributed by atoms with Gasteiger partial charge in [0.2, 0.25) is 0 Å². The smallest absolute Gasteiger partial charge is 0.119 e. The maximum atomic E-state index is 5.86. The highest BCUT2D eigenvalue weighted by molar-refractivity contribution is 5.29. The summed E-state index contributed by atoms with van der Waals surface area (Å²) >= 11 is 0. The lowest BCUT2D eigenvalue weighted by Gasteiger charge is -2.16. The Morgan fingerprint density at radius 3 is 2.42 bits per heavy atom. The summed E-state index contributed by atoms with van der Waals surface area (Å²) < 4.78 is 10.8. The summed E-state index contributed by atoms with van der Waals surface area (Å²) in [4.78, 5) is 0. The second-order valence-electron chi connectivity index (χ2n) is 5.00. The molecule has 0 aliphatic heterocycles. The average molecular weight is 265 g/mol. The van der Waals surface area contributed by atoms with Crippen LogP contribution < -0.4 is 10.1 Å². The molecule has 0 spiro atoms. The Hall–Kier alpha value is -1.06. The summed E-state index contributed by atoms with van der Waals surface area (Å²) in [7, 11) is 1.71. The van der Waals surface area contributed by atoms with Crippen LogP contribution in [0.15, 0.2) is 24.3 Å². The standard InChI is InChI=1S/C16H27NO2/c1-5-13(2)15-6-8-16(9-7-15)19-14(3)12-17-10-11-18-4/h6-9,13-14,17H,5,10-12H2,1-4H3. The third-order valence-corrected chi connectivity index (χ3v) is 3.31. The van der Waals surface area contributed by atoms with Crippen LogP contribution in [0.4, 0.5) is 0 Å². The Kier molecular flexibility index (Phi) is 7.53. The number of nitrogens with one attached hydrogen (secondary N) is 1. The number of methoxy groups -OCH3 is 1. The van der Waals surface area contributed by atoms with E-state index in [2.05, 4.69) is 50.4 Å². The van der Waals surface area contributed by atoms with Gasteiger partial charge in [-0.3, -0.25) is 0 Å². The van der Waals surface area contributed by atoms with Crippen molar-refractivity contribution in [2.45, 2.75) is 39.2 Å². The minimum absolute atomic E-state index is 0.159. The molecule has 3 nitrogen and oxygen atoms in total. The van der Waals surface area contributed by atoms with Gasteiger partial charge in [-0.1, -0.05) is 26.0 Å². The first-order valence-electron chi connectivity index (χ1n) is 7.13. The molecule has 0 aliphatic rings. The maximum Gasteiger partial charge on any atom is 0.119 e. The van der Waals surface area contributed by atoms with Gasteiger partial charge < -0.3 is 14.8 Å². The SMILES string of the molecule is CCC(C)c1ccc(OC(C)CNCCOC)cc1. The van der Waals surface area contributed by atoms with Crippen LogP contribution in [0, 0.1) is 0 Å². The summed E-state index contributed by atoms with van der Waals surface area (Å²) in [6, 6.07) is 8.45. The third-order valence-electron chi connectivity index (χ3n) is 3.31. The number of ether oxygens (including phenoxy) is 2. The van der Waals surface area contributed by atoms with Crippen molar-refractivity contribution in [1.82, 2.24) is 5.32 Å². The fourth-order valence-electron chi connectivity index (χ4n) is 1.86. The van der Waals surface area contributed by atoms with Gasteiger partial charge in [0.15, 0.2) is 0 Å². The predicted molar refractivity (Wildman–Crippen MR) is 80.0 cm³/mol. The molecule has 0 saturated carbocycles. The quantitative estimate of drug-likeness (QED) is 0.696. The molecule has 0 fully saturated rings. The van der Waals surface area contributed by atoms with Gasteiger partial charge in [-0.25, -0.2) is 0 Å². The first-order valence-corrected chi connectivity index (χ1v) is 7.13. The van der Waals surface area contributed by atoms with Crippen molar-refractivity contribution in [1.29, 1.82) is 0 Å². The molecule has 2 unspecified atom stereocenters. The van der Waals surface area contributed by atoms with Gasteiger partial charge in [-0.05, 0) is 37.0 Å². The predicted octanol–water partition coefficient (Wildman–Crippen LogP) is 3.20. The van der Waals surface area contributed by atoms with E-state index in [1.807, 2.05) is 0 Å². The van der Waals surface area contributed by atoms with E-state index in [0.717, 1.165) is 25.4 Å². The van der Waals surface area contributed by atoms with Gasteiger partial charge in [0.25, 0.3) is 0 Å². The van der Waals surface area contributed by atoms with Gasteiger partial charge in [0, 0.05) is 20.2 Å². The van der Waals surface area contributed by atoms with Crippen LogP contribution in [0.3, 0.4) is 0 Å². The molecular weight excluding hydrogens is 238 g/mol. The molecule has 1 rings (SSSR count). The van der Waals surface area contributed by atoms with Crippen LogP contribution in [0.25, 0.3) is 0 Å². The zero-order chi connectivity index (χ0) is 14.1. The van der Waals surface area contributed by atoms with E-state index in [0.29, 0.717) is 5.92 Å². The topological polar surface area (TPSA) is 30.5 Å². The minimum atomic E-state index is 0.159. The fourth-order valence-corrected chi connectivity index (χ4v) is 1.86. The Bertz CT molecular complexity index is 337. The van der Waals surface area contributed by atoms with Gasteiger partial charge in [-0.15, -0.1) is 0 Å². The molecule has 0 aromatic heterocycles. The Morgan fingerprint density at radius 2 is 1.84 bits per heavy atom. The normalized spacial score (nSPS) is 14.1. The molecule has 1 aromatic rings. The zero-order valence-corrected chi connectivity index (χ0v) is 12.6. The lowest BCUT2D eigenvalue weighted by Crippen LogP contribution is -2.31. The van der Waals surface area contributed by atoms with Crippen molar-refractivity contribution in [3.63, 3.8) is 0 Å². The lowest BCUT2D eigenvalue weighted by molar-refractivity contribution is 0.184. The molecule has 0 bridgehead atoms. The Balaban J connectivity index is 2.36. The van der Waals surface area contributed by atoms with E-state index in [1.165, 1.54) is 12.0 Å². The van der Waals surface area contributed by atoms with E-state index in [-0.39, 0.29) is 6.10 Å². The van der Waals surface area contributed by atoms with E-state index in [4.69, 9.17) is 9.47 Å². The third kappa shape index (κ3) is 6.08. The summed E-state index contributed by atoms with van der Waals surface area (Å²) in [5.41, 5.74) is 1.38. The van der Waals surface area contributed by atoms with Gasteiger partial charge in [-0.2, -0.15) is 0 Å². The van der Waals surface area contributed by atoms with Gasteiger partial charge in [0.1, 0.15) is 11.9 Å². The van der Waals surface area contributed by atoms with Crippen molar-refractivity contribution < 1.29 is 9.47 Å². The molecule has 108 valence electrons. The average Bonchev–Trinajstić information content (AvgIpc) is 2.43. The lowest BCUT2D eigenvalue weighted by atomic mass is 9.99. The van der Waals surface area contributed by atoms with E-state index in [1.54, 1.807) is 7.11 Å². The van der Waals surface area contributed by atoms with Crippen LogP contribution in [-0.4, -0.2) is 32.9 Å². The van der Waals surface area contributed by atoms with Crippen molar-refractivity contribution >= 4 is 0 Å². The van der Waals surface area contributed by atoms with Crippen LogP contribution in [0.1, 0.15) is 38.7 Å².